The molecule has 0 saturated carbocycles. The molecule has 1 aliphatic heterocycles. The fraction of sp³-hybridized carbons (Fsp3) is 0.318. The van der Waals surface area contributed by atoms with Gasteiger partial charge in [0.2, 0.25) is 0 Å². The number of aromatic nitrogens is 2. The van der Waals surface area contributed by atoms with Crippen molar-refractivity contribution in [3.63, 3.8) is 0 Å². The molecule has 1 aromatic carbocycles. The summed E-state index contributed by atoms with van der Waals surface area (Å²) in [6.45, 7) is 2.77. The van der Waals surface area contributed by atoms with Crippen LogP contribution in [0.15, 0.2) is 55.1 Å². The summed E-state index contributed by atoms with van der Waals surface area (Å²) in [6, 6.07) is 9.55. The van der Waals surface area contributed by atoms with Crippen LogP contribution in [0.2, 0.25) is 0 Å². The first-order valence-electron chi connectivity index (χ1n) is 9.95. The van der Waals surface area contributed by atoms with Gasteiger partial charge in [0.25, 0.3) is 5.91 Å². The Hall–Kier alpha value is -3.42. The second-order valence-electron chi connectivity index (χ2n) is 7.28. The largest absolute Gasteiger partial charge is 0.450 e. The number of carbonyl (C=O) groups is 2. The van der Waals surface area contributed by atoms with Gasteiger partial charge in [-0.1, -0.05) is 12.1 Å². The van der Waals surface area contributed by atoms with Gasteiger partial charge in [0.1, 0.15) is 5.82 Å². The Kier molecular flexibility index (Phi) is 5.65. The van der Waals surface area contributed by atoms with Crippen LogP contribution in [0.5, 0.6) is 0 Å². The normalized spacial score (nSPS) is 18.9. The third kappa shape index (κ3) is 3.98. The molecule has 2 amide bonds. The number of alkyl carbamates (subject to hydrolysis) is 1. The van der Waals surface area contributed by atoms with Crippen LogP contribution in [0, 0.1) is 5.82 Å². The highest BCUT2D eigenvalue weighted by Gasteiger charge is 2.34. The number of amides is 2. The lowest BCUT2D eigenvalue weighted by molar-refractivity contribution is 0.0667. The molecule has 4 rings (SSSR count). The molecule has 8 heteroatoms. The number of nitrogens with one attached hydrogen (secondary N) is 1. The van der Waals surface area contributed by atoms with E-state index in [1.165, 1.54) is 12.1 Å². The van der Waals surface area contributed by atoms with Crippen LogP contribution in [-0.2, 0) is 4.74 Å². The number of ether oxygens (including phenoxy) is 1. The molecule has 0 unspecified atom stereocenters. The van der Waals surface area contributed by atoms with Gasteiger partial charge >= 0.3 is 6.09 Å². The summed E-state index contributed by atoms with van der Waals surface area (Å²) in [4.78, 5) is 31.2. The van der Waals surface area contributed by atoms with Gasteiger partial charge in [-0.2, -0.15) is 0 Å². The van der Waals surface area contributed by atoms with Crippen molar-refractivity contribution in [1.82, 2.24) is 19.6 Å². The fourth-order valence-electron chi connectivity index (χ4n) is 4.04. The third-order valence-corrected chi connectivity index (χ3v) is 5.44. The smallest absolute Gasteiger partial charge is 0.407 e. The van der Waals surface area contributed by atoms with Crippen LogP contribution in [0.1, 0.15) is 35.2 Å². The van der Waals surface area contributed by atoms with E-state index in [1.807, 2.05) is 12.3 Å². The Morgan fingerprint density at radius 3 is 2.97 bits per heavy atom. The van der Waals surface area contributed by atoms with Gasteiger partial charge in [0, 0.05) is 25.2 Å². The van der Waals surface area contributed by atoms with Crippen LogP contribution >= 0.6 is 0 Å². The molecule has 3 heterocycles. The SMILES string of the molecule is CCOC(=O)N[C@@H]1CN(C(=O)c2cccn3cncc23)CC[C@H]1c1cccc(F)c1. The summed E-state index contributed by atoms with van der Waals surface area (Å²) in [7, 11) is 0. The van der Waals surface area contributed by atoms with E-state index in [4.69, 9.17) is 4.74 Å². The summed E-state index contributed by atoms with van der Waals surface area (Å²) in [5, 5.41) is 2.86. The first-order valence-corrected chi connectivity index (χ1v) is 9.95. The maximum absolute atomic E-state index is 13.8. The van der Waals surface area contributed by atoms with Crippen molar-refractivity contribution in [3.05, 3.63) is 72.1 Å². The Morgan fingerprint density at radius 2 is 2.17 bits per heavy atom. The van der Waals surface area contributed by atoms with E-state index in [0.29, 0.717) is 25.1 Å². The van der Waals surface area contributed by atoms with Gasteiger partial charge in [-0.05, 0) is 43.2 Å². The van der Waals surface area contributed by atoms with Crippen molar-refractivity contribution in [1.29, 1.82) is 0 Å². The van der Waals surface area contributed by atoms with E-state index < -0.39 is 12.1 Å². The zero-order chi connectivity index (χ0) is 21.1. The summed E-state index contributed by atoms with van der Waals surface area (Å²) in [5.41, 5.74) is 2.07. The Labute approximate surface area is 173 Å². The average molecular weight is 410 g/mol. The molecule has 0 spiro atoms. The Morgan fingerprint density at radius 1 is 1.30 bits per heavy atom. The molecule has 1 saturated heterocycles. The molecule has 7 nitrogen and oxygen atoms in total. The lowest BCUT2D eigenvalue weighted by Gasteiger charge is -2.39. The van der Waals surface area contributed by atoms with Gasteiger partial charge < -0.3 is 19.4 Å². The van der Waals surface area contributed by atoms with Gasteiger partial charge in [-0.25, -0.2) is 14.2 Å². The predicted octanol–water partition coefficient (Wildman–Crippen LogP) is 3.22. The molecule has 0 aliphatic carbocycles. The number of imidazole rings is 1. The summed E-state index contributed by atoms with van der Waals surface area (Å²) in [6.07, 6.45) is 5.18. The van der Waals surface area contributed by atoms with E-state index in [2.05, 4.69) is 10.3 Å². The number of carbonyl (C=O) groups excluding carboxylic acids is 2. The molecule has 1 fully saturated rings. The molecule has 1 N–H and O–H groups in total. The quantitative estimate of drug-likeness (QED) is 0.717. The average Bonchev–Trinajstić information content (AvgIpc) is 3.22. The number of halogens is 1. The van der Waals surface area contributed by atoms with Crippen molar-refractivity contribution in [3.8, 4) is 0 Å². The number of benzene rings is 1. The van der Waals surface area contributed by atoms with E-state index in [1.54, 1.807) is 46.9 Å². The number of hydrogen-bond acceptors (Lipinski definition) is 4. The minimum Gasteiger partial charge on any atom is -0.450 e. The number of likely N-dealkylation sites (tertiary alicyclic amines) is 1. The molecular formula is C22H23FN4O3. The van der Waals surface area contributed by atoms with Crippen molar-refractivity contribution in [2.45, 2.75) is 25.3 Å². The summed E-state index contributed by atoms with van der Waals surface area (Å²) in [5.74, 6) is -0.581. The van der Waals surface area contributed by atoms with Crippen molar-refractivity contribution < 1.29 is 18.7 Å². The van der Waals surface area contributed by atoms with Crippen LogP contribution in [0.25, 0.3) is 5.52 Å². The highest BCUT2D eigenvalue weighted by Crippen LogP contribution is 2.30. The number of hydrogen-bond donors (Lipinski definition) is 1. The van der Waals surface area contributed by atoms with Gasteiger partial charge in [-0.15, -0.1) is 0 Å². The van der Waals surface area contributed by atoms with Crippen LogP contribution in [-0.4, -0.2) is 52.0 Å². The fourth-order valence-corrected chi connectivity index (χ4v) is 4.04. The number of fused-ring (bicyclic) bond motifs is 1. The lowest BCUT2D eigenvalue weighted by Crippen LogP contribution is -2.53. The molecule has 0 radical (unpaired) electrons. The maximum atomic E-state index is 13.8. The van der Waals surface area contributed by atoms with Gasteiger partial charge in [0.05, 0.1) is 36.3 Å². The third-order valence-electron chi connectivity index (χ3n) is 5.44. The van der Waals surface area contributed by atoms with Crippen molar-refractivity contribution >= 4 is 17.5 Å². The molecule has 1 aliphatic rings. The number of piperidine rings is 1. The Balaban J connectivity index is 1.59. The molecular weight excluding hydrogens is 387 g/mol. The zero-order valence-electron chi connectivity index (χ0n) is 16.6. The molecule has 3 aromatic rings. The van der Waals surface area contributed by atoms with Crippen LogP contribution in [0.3, 0.4) is 0 Å². The number of pyridine rings is 1. The van der Waals surface area contributed by atoms with E-state index in [-0.39, 0.29) is 24.2 Å². The maximum Gasteiger partial charge on any atom is 0.407 e. The van der Waals surface area contributed by atoms with Crippen molar-refractivity contribution in [2.75, 3.05) is 19.7 Å². The second-order valence-corrected chi connectivity index (χ2v) is 7.28. The number of rotatable bonds is 4. The standard InChI is InChI=1S/C22H23FN4O3/c1-2-30-22(29)25-19-13-26(10-8-17(19)15-5-3-6-16(23)11-15)21(28)18-7-4-9-27-14-24-12-20(18)27/h3-7,9,11-12,14,17,19H,2,8,10,13H2,1H3,(H,25,29)/t17-,19+/m0/s1. The molecule has 2 atom stereocenters. The van der Waals surface area contributed by atoms with Crippen LogP contribution in [0.4, 0.5) is 9.18 Å². The number of nitrogens with zero attached hydrogens (tertiary/aromatic N) is 3. The van der Waals surface area contributed by atoms with Crippen molar-refractivity contribution in [2.24, 2.45) is 0 Å². The predicted molar refractivity (Wildman–Crippen MR) is 109 cm³/mol. The van der Waals surface area contributed by atoms with E-state index >= 15 is 0 Å². The topological polar surface area (TPSA) is 75.9 Å². The minimum absolute atomic E-state index is 0.125. The highest BCUT2D eigenvalue weighted by atomic mass is 19.1. The Bertz CT molecular complexity index is 1070. The second kappa shape index (κ2) is 8.52. The summed E-state index contributed by atoms with van der Waals surface area (Å²) < 4.78 is 20.6. The molecule has 0 bridgehead atoms. The zero-order valence-corrected chi connectivity index (χ0v) is 16.6. The molecule has 30 heavy (non-hydrogen) atoms. The van der Waals surface area contributed by atoms with Crippen LogP contribution < -0.4 is 5.32 Å². The first-order chi connectivity index (χ1) is 14.6. The minimum atomic E-state index is -0.545. The molecule has 156 valence electrons. The summed E-state index contributed by atoms with van der Waals surface area (Å²) >= 11 is 0. The molecule has 2 aromatic heterocycles. The first kappa shape index (κ1) is 19.9. The van der Waals surface area contributed by atoms with E-state index in [9.17, 15) is 14.0 Å². The lowest BCUT2D eigenvalue weighted by atomic mass is 9.85. The van der Waals surface area contributed by atoms with Gasteiger partial charge in [0.15, 0.2) is 0 Å². The van der Waals surface area contributed by atoms with Gasteiger partial charge in [-0.3, -0.25) is 4.79 Å². The monoisotopic (exact) mass is 410 g/mol. The van der Waals surface area contributed by atoms with E-state index in [0.717, 1.165) is 11.1 Å². The highest BCUT2D eigenvalue weighted by molar-refractivity contribution is 6.00.